The molecule has 0 unspecified atom stereocenters. The van der Waals surface area contributed by atoms with Crippen LogP contribution < -0.4 is 15.5 Å². The van der Waals surface area contributed by atoms with Gasteiger partial charge in [-0.1, -0.05) is 13.8 Å². The Hall–Kier alpha value is -2.55. The number of hydrogen-bond acceptors (Lipinski definition) is 7. The van der Waals surface area contributed by atoms with Crippen LogP contribution in [0.1, 0.15) is 38.9 Å². The summed E-state index contributed by atoms with van der Waals surface area (Å²) in [5.74, 6) is 4.46. The maximum Gasteiger partial charge on any atom is 0.220 e. The average molecular weight is 456 g/mol. The Morgan fingerprint density at radius 1 is 1.16 bits per heavy atom. The molecule has 1 aliphatic heterocycles. The summed E-state index contributed by atoms with van der Waals surface area (Å²) in [4.78, 5) is 19.1. The van der Waals surface area contributed by atoms with Gasteiger partial charge in [-0.2, -0.15) is 11.8 Å². The Morgan fingerprint density at radius 3 is 2.72 bits per heavy atom. The number of anilines is 2. The van der Waals surface area contributed by atoms with Crippen LogP contribution in [0, 0.1) is 12.8 Å². The molecule has 32 heavy (non-hydrogen) atoms. The molecule has 2 N–H and O–H groups in total. The summed E-state index contributed by atoms with van der Waals surface area (Å²) in [6, 6.07) is 6.49. The first-order valence-corrected chi connectivity index (χ1v) is 12.7. The summed E-state index contributed by atoms with van der Waals surface area (Å²) < 4.78 is 2.08. The fraction of sp³-hybridized carbons (Fsp3) is 0.565. The molecular formula is C23H33N7OS. The number of aryl methyl sites for hydroxylation is 1. The highest BCUT2D eigenvalue weighted by Crippen LogP contribution is 2.27. The number of unbranched alkanes of at least 4 members (excludes halogenated alkanes) is 1. The van der Waals surface area contributed by atoms with E-state index in [1.165, 1.54) is 17.2 Å². The summed E-state index contributed by atoms with van der Waals surface area (Å²) in [6.07, 6.45) is 2.44. The lowest BCUT2D eigenvalue weighted by Crippen LogP contribution is -2.32. The van der Waals surface area contributed by atoms with Crippen molar-refractivity contribution >= 4 is 45.9 Å². The molecule has 3 heterocycles. The van der Waals surface area contributed by atoms with Crippen LogP contribution in [0.15, 0.2) is 18.2 Å². The van der Waals surface area contributed by atoms with Crippen molar-refractivity contribution in [3.05, 3.63) is 24.0 Å². The van der Waals surface area contributed by atoms with Crippen molar-refractivity contribution in [2.75, 3.05) is 47.9 Å². The highest BCUT2D eigenvalue weighted by Gasteiger charge is 2.16. The third-order valence-electron chi connectivity index (χ3n) is 5.66. The van der Waals surface area contributed by atoms with Gasteiger partial charge in [0.15, 0.2) is 5.82 Å². The third kappa shape index (κ3) is 5.26. The topological polar surface area (TPSA) is 87.4 Å². The van der Waals surface area contributed by atoms with Crippen LogP contribution in [0.2, 0.25) is 0 Å². The summed E-state index contributed by atoms with van der Waals surface area (Å²) in [5, 5.41) is 15.1. The summed E-state index contributed by atoms with van der Waals surface area (Å²) >= 11 is 2.01. The van der Waals surface area contributed by atoms with Crippen molar-refractivity contribution in [1.82, 2.24) is 24.9 Å². The zero-order valence-corrected chi connectivity index (χ0v) is 20.0. The van der Waals surface area contributed by atoms with Crippen molar-refractivity contribution in [1.29, 1.82) is 0 Å². The molecule has 0 bridgehead atoms. The second-order valence-electron chi connectivity index (χ2n) is 8.72. The Kier molecular flexibility index (Phi) is 7.34. The normalized spacial score (nSPS) is 14.4. The largest absolute Gasteiger partial charge is 0.370 e. The van der Waals surface area contributed by atoms with Gasteiger partial charge in [-0.3, -0.25) is 9.20 Å². The second-order valence-corrected chi connectivity index (χ2v) is 9.95. The van der Waals surface area contributed by atoms with Crippen molar-refractivity contribution in [2.24, 2.45) is 5.92 Å². The zero-order valence-electron chi connectivity index (χ0n) is 19.2. The van der Waals surface area contributed by atoms with Crippen LogP contribution in [0.4, 0.5) is 11.5 Å². The van der Waals surface area contributed by atoms with E-state index < -0.39 is 0 Å². The lowest BCUT2D eigenvalue weighted by atomic mass is 10.1. The highest BCUT2D eigenvalue weighted by molar-refractivity contribution is 7.99. The number of rotatable bonds is 9. The molecule has 8 nitrogen and oxygen atoms in total. The van der Waals surface area contributed by atoms with Gasteiger partial charge >= 0.3 is 0 Å². The third-order valence-corrected chi connectivity index (χ3v) is 6.60. The van der Waals surface area contributed by atoms with E-state index in [0.29, 0.717) is 18.9 Å². The number of carbonyl (C=O) groups excluding carboxylic acids is 1. The molecule has 172 valence electrons. The lowest BCUT2D eigenvalue weighted by molar-refractivity contribution is -0.121. The fourth-order valence-electron chi connectivity index (χ4n) is 4.03. The van der Waals surface area contributed by atoms with E-state index in [9.17, 15) is 4.79 Å². The Labute approximate surface area is 193 Å². The summed E-state index contributed by atoms with van der Waals surface area (Å²) in [5.41, 5.74) is 3.94. The van der Waals surface area contributed by atoms with Crippen molar-refractivity contribution < 1.29 is 4.79 Å². The van der Waals surface area contributed by atoms with Gasteiger partial charge in [0.2, 0.25) is 11.6 Å². The van der Waals surface area contributed by atoms with Crippen LogP contribution in [0.3, 0.4) is 0 Å². The van der Waals surface area contributed by atoms with Gasteiger partial charge < -0.3 is 15.5 Å². The molecule has 1 aliphatic rings. The Balaban J connectivity index is 1.45. The number of nitrogens with zero attached hydrogens (tertiary/aromatic N) is 5. The fourth-order valence-corrected chi connectivity index (χ4v) is 4.93. The van der Waals surface area contributed by atoms with E-state index in [1.54, 1.807) is 0 Å². The molecule has 0 atom stereocenters. The minimum atomic E-state index is 0.132. The molecule has 3 aromatic rings. The summed E-state index contributed by atoms with van der Waals surface area (Å²) in [7, 11) is 0. The molecule has 9 heteroatoms. The standard InChI is InChI=1S/C23H33N7OS/c1-16(2)14-21(31)24-8-4-5-9-25-22-23-28-27-17(3)30(23)20-7-6-18(15-19(20)26-22)29-10-12-32-13-11-29/h6-7,15-16H,4-5,8-14H2,1-3H3,(H,24,31)(H,25,26). The monoisotopic (exact) mass is 455 g/mol. The predicted octanol–water partition coefficient (Wildman–Crippen LogP) is 3.49. The SMILES string of the molecule is Cc1nnc2c(NCCCCNC(=O)CC(C)C)nc3cc(N4CCSCC4)ccc3n12. The molecule has 4 rings (SSSR count). The first-order valence-electron chi connectivity index (χ1n) is 11.5. The molecular weight excluding hydrogens is 422 g/mol. The van der Waals surface area contributed by atoms with Gasteiger partial charge in [-0.15, -0.1) is 10.2 Å². The smallest absolute Gasteiger partial charge is 0.220 e. The predicted molar refractivity (Wildman–Crippen MR) is 133 cm³/mol. The van der Waals surface area contributed by atoms with Gasteiger partial charge in [0, 0.05) is 49.8 Å². The van der Waals surface area contributed by atoms with E-state index in [4.69, 9.17) is 4.98 Å². The maximum absolute atomic E-state index is 11.8. The molecule has 1 fully saturated rings. The molecule has 0 radical (unpaired) electrons. The number of carbonyl (C=O) groups is 1. The van der Waals surface area contributed by atoms with Gasteiger partial charge in [-0.25, -0.2) is 4.98 Å². The zero-order chi connectivity index (χ0) is 22.5. The number of thioether (sulfide) groups is 1. The van der Waals surface area contributed by atoms with Gasteiger partial charge in [0.05, 0.1) is 11.0 Å². The number of aromatic nitrogens is 4. The van der Waals surface area contributed by atoms with Gasteiger partial charge in [0.25, 0.3) is 0 Å². The van der Waals surface area contributed by atoms with Crippen molar-refractivity contribution in [2.45, 2.75) is 40.0 Å². The first kappa shape index (κ1) is 22.6. The molecule has 1 amide bonds. The van der Waals surface area contributed by atoms with Crippen LogP contribution in [-0.2, 0) is 4.79 Å². The maximum atomic E-state index is 11.8. The number of benzene rings is 1. The van der Waals surface area contributed by atoms with Crippen LogP contribution in [0.25, 0.3) is 16.7 Å². The van der Waals surface area contributed by atoms with Crippen LogP contribution in [-0.4, -0.2) is 63.2 Å². The Bertz CT molecular complexity index is 1080. The molecule has 1 aromatic carbocycles. The molecule has 0 saturated carbocycles. The Morgan fingerprint density at radius 2 is 1.94 bits per heavy atom. The van der Waals surface area contributed by atoms with E-state index in [1.807, 2.05) is 18.7 Å². The van der Waals surface area contributed by atoms with Crippen LogP contribution >= 0.6 is 11.8 Å². The van der Waals surface area contributed by atoms with E-state index in [0.717, 1.165) is 60.8 Å². The number of fused-ring (bicyclic) bond motifs is 3. The molecule has 0 aliphatic carbocycles. The molecule has 2 aromatic heterocycles. The number of amides is 1. The molecule has 0 spiro atoms. The average Bonchev–Trinajstić information content (AvgIpc) is 3.18. The van der Waals surface area contributed by atoms with Crippen molar-refractivity contribution in [3.63, 3.8) is 0 Å². The summed E-state index contributed by atoms with van der Waals surface area (Å²) in [6.45, 7) is 9.70. The van der Waals surface area contributed by atoms with E-state index in [2.05, 4.69) is 62.2 Å². The lowest BCUT2D eigenvalue weighted by Gasteiger charge is -2.28. The van der Waals surface area contributed by atoms with Crippen molar-refractivity contribution in [3.8, 4) is 0 Å². The minimum Gasteiger partial charge on any atom is -0.370 e. The van der Waals surface area contributed by atoms with Crippen LogP contribution in [0.5, 0.6) is 0 Å². The van der Waals surface area contributed by atoms with E-state index in [-0.39, 0.29) is 5.91 Å². The number of nitrogens with one attached hydrogen (secondary N) is 2. The minimum absolute atomic E-state index is 0.132. The second kappa shape index (κ2) is 10.4. The first-order chi connectivity index (χ1) is 15.5. The van der Waals surface area contributed by atoms with E-state index >= 15 is 0 Å². The quantitative estimate of drug-likeness (QED) is 0.478. The van der Waals surface area contributed by atoms with Gasteiger partial charge in [-0.05, 0) is 43.9 Å². The number of hydrogen-bond donors (Lipinski definition) is 2. The van der Waals surface area contributed by atoms with Gasteiger partial charge in [0.1, 0.15) is 5.82 Å². The highest BCUT2D eigenvalue weighted by atomic mass is 32.2. The molecule has 1 saturated heterocycles.